The Morgan fingerprint density at radius 2 is 2.25 bits per heavy atom. The number of carbonyl (C=O) groups is 1. The smallest absolute Gasteiger partial charge is 0.310 e. The maximum Gasteiger partial charge on any atom is 0.310 e. The van der Waals surface area contributed by atoms with Crippen LogP contribution in [-0.2, 0) is 9.53 Å². The molecule has 0 aliphatic carbocycles. The normalized spacial score (nSPS) is 18.7. The molecule has 6 heteroatoms. The average molecular weight is 278 g/mol. The minimum Gasteiger partial charge on any atom is -0.469 e. The lowest BCUT2D eigenvalue weighted by Crippen LogP contribution is -2.39. The topological polar surface area (TPSA) is 72.7 Å². The van der Waals surface area contributed by atoms with Crippen LogP contribution in [0.1, 0.15) is 18.4 Å². The van der Waals surface area contributed by atoms with Crippen LogP contribution in [0.3, 0.4) is 0 Å². The number of hydrogen-bond donors (Lipinski definition) is 0. The van der Waals surface area contributed by atoms with E-state index in [1.807, 2.05) is 11.8 Å². The molecule has 1 aliphatic rings. The Balaban J connectivity index is 2.24. The molecule has 1 atom stereocenters. The van der Waals surface area contributed by atoms with Gasteiger partial charge in [0.1, 0.15) is 0 Å². The van der Waals surface area contributed by atoms with Crippen LogP contribution in [0, 0.1) is 23.0 Å². The van der Waals surface area contributed by atoms with Gasteiger partial charge in [-0.1, -0.05) is 6.07 Å². The van der Waals surface area contributed by atoms with Crippen LogP contribution in [0.4, 0.5) is 11.4 Å². The number of benzene rings is 1. The Bertz CT molecular complexity index is 530. The Hall–Kier alpha value is -2.11. The van der Waals surface area contributed by atoms with Gasteiger partial charge in [-0.15, -0.1) is 0 Å². The first-order valence-electron chi connectivity index (χ1n) is 6.60. The standard InChI is InChI=1S/C14H18N2O4/c1-10-5-6-12(16(18)19)8-13(10)15-7-3-4-11(9-15)14(17)20-2/h5-6,8,11H,3-4,7,9H2,1-2H3. The SMILES string of the molecule is COC(=O)C1CCCN(c2cc([N+](=O)[O-])ccc2C)C1. The summed E-state index contributed by atoms with van der Waals surface area (Å²) in [6.45, 7) is 3.27. The predicted molar refractivity (Wildman–Crippen MR) is 74.8 cm³/mol. The summed E-state index contributed by atoms with van der Waals surface area (Å²) < 4.78 is 4.79. The molecule has 1 aliphatic heterocycles. The van der Waals surface area contributed by atoms with Crippen LogP contribution < -0.4 is 4.90 Å². The van der Waals surface area contributed by atoms with Crippen LogP contribution >= 0.6 is 0 Å². The number of piperidine rings is 1. The molecule has 1 heterocycles. The van der Waals surface area contributed by atoms with E-state index in [2.05, 4.69) is 0 Å². The fourth-order valence-electron chi connectivity index (χ4n) is 2.61. The molecule has 1 unspecified atom stereocenters. The molecule has 0 radical (unpaired) electrons. The van der Waals surface area contributed by atoms with Crippen molar-refractivity contribution in [3.05, 3.63) is 33.9 Å². The van der Waals surface area contributed by atoms with Gasteiger partial charge < -0.3 is 9.64 Å². The summed E-state index contributed by atoms with van der Waals surface area (Å²) >= 11 is 0. The molecule has 0 bridgehead atoms. The highest BCUT2D eigenvalue weighted by molar-refractivity contribution is 5.74. The third kappa shape index (κ3) is 2.89. The minimum atomic E-state index is -0.398. The summed E-state index contributed by atoms with van der Waals surface area (Å²) in [7, 11) is 1.39. The number of hydrogen-bond acceptors (Lipinski definition) is 5. The molecule has 1 aromatic rings. The Morgan fingerprint density at radius 3 is 2.90 bits per heavy atom. The maximum atomic E-state index is 11.6. The van der Waals surface area contributed by atoms with Crippen molar-refractivity contribution in [2.45, 2.75) is 19.8 Å². The summed E-state index contributed by atoms with van der Waals surface area (Å²) in [5.74, 6) is -0.370. The van der Waals surface area contributed by atoms with Gasteiger partial charge in [-0.05, 0) is 25.3 Å². The van der Waals surface area contributed by atoms with E-state index in [1.54, 1.807) is 12.1 Å². The number of esters is 1. The van der Waals surface area contributed by atoms with Gasteiger partial charge in [0.25, 0.3) is 5.69 Å². The monoisotopic (exact) mass is 278 g/mol. The van der Waals surface area contributed by atoms with Crippen LogP contribution in [0.2, 0.25) is 0 Å². The number of methoxy groups -OCH3 is 1. The number of carbonyl (C=O) groups excluding carboxylic acids is 1. The van der Waals surface area contributed by atoms with Crippen molar-refractivity contribution in [2.75, 3.05) is 25.1 Å². The third-order valence-electron chi connectivity index (χ3n) is 3.70. The number of ether oxygens (including phenoxy) is 1. The van der Waals surface area contributed by atoms with Crippen molar-refractivity contribution in [1.29, 1.82) is 0 Å². The molecule has 108 valence electrons. The summed E-state index contributed by atoms with van der Waals surface area (Å²) in [5, 5.41) is 10.9. The first-order chi connectivity index (χ1) is 9.52. The number of nitrogens with zero attached hydrogens (tertiary/aromatic N) is 2. The molecule has 1 aromatic carbocycles. The lowest BCUT2D eigenvalue weighted by molar-refractivity contribution is -0.384. The maximum absolute atomic E-state index is 11.6. The quantitative estimate of drug-likeness (QED) is 0.482. The van der Waals surface area contributed by atoms with Gasteiger partial charge in [-0.3, -0.25) is 14.9 Å². The van der Waals surface area contributed by atoms with Gasteiger partial charge in [-0.25, -0.2) is 0 Å². The molecule has 20 heavy (non-hydrogen) atoms. The number of aryl methyl sites for hydroxylation is 1. The van der Waals surface area contributed by atoms with E-state index in [1.165, 1.54) is 13.2 Å². The summed E-state index contributed by atoms with van der Waals surface area (Å²) in [5.41, 5.74) is 1.87. The molecular formula is C14H18N2O4. The summed E-state index contributed by atoms with van der Waals surface area (Å²) in [4.78, 5) is 24.2. The number of nitro groups is 1. The van der Waals surface area contributed by atoms with Gasteiger partial charge in [0.05, 0.1) is 18.0 Å². The highest BCUT2D eigenvalue weighted by Crippen LogP contribution is 2.29. The number of non-ortho nitro benzene ring substituents is 1. The van der Waals surface area contributed by atoms with Crippen molar-refractivity contribution in [1.82, 2.24) is 0 Å². The van der Waals surface area contributed by atoms with E-state index >= 15 is 0 Å². The Kier molecular flexibility index (Phi) is 4.22. The number of nitro benzene ring substituents is 1. The molecule has 0 N–H and O–H groups in total. The average Bonchev–Trinajstić information content (AvgIpc) is 2.46. The number of rotatable bonds is 3. The second kappa shape index (κ2) is 5.90. The van der Waals surface area contributed by atoms with E-state index in [9.17, 15) is 14.9 Å². The molecule has 1 fully saturated rings. The van der Waals surface area contributed by atoms with Gasteiger partial charge in [0, 0.05) is 30.9 Å². The molecule has 0 amide bonds. The van der Waals surface area contributed by atoms with Gasteiger partial charge >= 0.3 is 5.97 Å². The Morgan fingerprint density at radius 1 is 1.50 bits per heavy atom. The first-order valence-corrected chi connectivity index (χ1v) is 6.60. The van der Waals surface area contributed by atoms with Gasteiger partial charge in [0.2, 0.25) is 0 Å². The lowest BCUT2D eigenvalue weighted by atomic mass is 9.97. The third-order valence-corrected chi connectivity index (χ3v) is 3.70. The Labute approximate surface area is 117 Å². The number of anilines is 1. The molecule has 1 saturated heterocycles. The highest BCUT2D eigenvalue weighted by atomic mass is 16.6. The van der Waals surface area contributed by atoms with Gasteiger partial charge in [0.15, 0.2) is 0 Å². The van der Waals surface area contributed by atoms with Gasteiger partial charge in [-0.2, -0.15) is 0 Å². The van der Waals surface area contributed by atoms with E-state index in [0.29, 0.717) is 6.54 Å². The van der Waals surface area contributed by atoms with Crippen molar-refractivity contribution in [2.24, 2.45) is 5.92 Å². The zero-order chi connectivity index (χ0) is 14.7. The molecule has 0 spiro atoms. The molecule has 0 saturated carbocycles. The van der Waals surface area contributed by atoms with E-state index in [0.717, 1.165) is 30.6 Å². The second-order valence-corrected chi connectivity index (χ2v) is 5.04. The summed E-state index contributed by atoms with van der Waals surface area (Å²) in [6, 6.07) is 4.82. The van der Waals surface area contributed by atoms with E-state index in [-0.39, 0.29) is 17.6 Å². The zero-order valence-electron chi connectivity index (χ0n) is 11.7. The van der Waals surface area contributed by atoms with Crippen LogP contribution in [0.5, 0.6) is 0 Å². The zero-order valence-corrected chi connectivity index (χ0v) is 11.7. The molecule has 2 rings (SSSR count). The molecule has 6 nitrogen and oxygen atoms in total. The fourth-order valence-corrected chi connectivity index (χ4v) is 2.61. The highest BCUT2D eigenvalue weighted by Gasteiger charge is 2.27. The fraction of sp³-hybridized carbons (Fsp3) is 0.500. The van der Waals surface area contributed by atoms with Crippen LogP contribution in [0.25, 0.3) is 0 Å². The van der Waals surface area contributed by atoms with Crippen molar-refractivity contribution < 1.29 is 14.5 Å². The first kappa shape index (κ1) is 14.3. The molecule has 0 aromatic heterocycles. The largest absolute Gasteiger partial charge is 0.469 e. The van der Waals surface area contributed by atoms with Crippen LogP contribution in [-0.4, -0.2) is 31.1 Å². The molecular weight excluding hydrogens is 260 g/mol. The van der Waals surface area contributed by atoms with Crippen molar-refractivity contribution in [3.8, 4) is 0 Å². The van der Waals surface area contributed by atoms with E-state index < -0.39 is 4.92 Å². The minimum absolute atomic E-state index is 0.0748. The summed E-state index contributed by atoms with van der Waals surface area (Å²) in [6.07, 6.45) is 1.68. The second-order valence-electron chi connectivity index (χ2n) is 5.04. The van der Waals surface area contributed by atoms with E-state index in [4.69, 9.17) is 4.74 Å². The lowest BCUT2D eigenvalue weighted by Gasteiger charge is -2.33. The van der Waals surface area contributed by atoms with Crippen molar-refractivity contribution >= 4 is 17.3 Å². The van der Waals surface area contributed by atoms with Crippen molar-refractivity contribution in [3.63, 3.8) is 0 Å². The van der Waals surface area contributed by atoms with Crippen LogP contribution in [0.15, 0.2) is 18.2 Å². The predicted octanol–water partition coefficient (Wildman–Crippen LogP) is 2.29.